The van der Waals surface area contributed by atoms with Crippen LogP contribution in [0.25, 0.3) is 0 Å². The van der Waals surface area contributed by atoms with E-state index in [2.05, 4.69) is 41.8 Å². The zero-order valence-electron chi connectivity index (χ0n) is 16.0. The van der Waals surface area contributed by atoms with E-state index in [1.165, 1.54) is 4.68 Å². The van der Waals surface area contributed by atoms with E-state index in [0.29, 0.717) is 15.7 Å². The predicted octanol–water partition coefficient (Wildman–Crippen LogP) is 2.11. The molecule has 0 atom stereocenters. The zero-order valence-corrected chi connectivity index (χ0v) is 18.3. The second-order valence-corrected chi connectivity index (χ2v) is 7.38. The van der Waals surface area contributed by atoms with Gasteiger partial charge in [-0.25, -0.2) is 0 Å². The molecule has 0 aliphatic carbocycles. The molecule has 14 heteroatoms. The Hall–Kier alpha value is -3.32. The standard InChI is InChI=1S/C17H15BrClN7O5/c1-9-13(19)14(26(29)30)23-25(9)8-12-22-17(31-24-12)16(28)21-7-6-20-15(27)10-4-2-3-5-11(10)18/h2-5H,6-8H2,1H3,(H,20,27)(H,21,28). The van der Waals surface area contributed by atoms with Crippen LogP contribution in [0.4, 0.5) is 5.82 Å². The van der Waals surface area contributed by atoms with E-state index >= 15 is 0 Å². The molecule has 1 aromatic carbocycles. The molecule has 0 fully saturated rings. The molecule has 0 saturated heterocycles. The summed E-state index contributed by atoms with van der Waals surface area (Å²) >= 11 is 9.18. The number of hydrogen-bond acceptors (Lipinski definition) is 8. The van der Waals surface area contributed by atoms with Gasteiger partial charge in [-0.1, -0.05) is 28.9 Å². The van der Waals surface area contributed by atoms with Crippen LogP contribution in [0.5, 0.6) is 0 Å². The third-order valence-corrected chi connectivity index (χ3v) is 5.19. The molecule has 0 unspecified atom stereocenters. The molecule has 0 aliphatic rings. The van der Waals surface area contributed by atoms with Gasteiger partial charge in [-0.2, -0.15) is 9.67 Å². The maximum absolute atomic E-state index is 12.1. The van der Waals surface area contributed by atoms with Gasteiger partial charge >= 0.3 is 17.6 Å². The van der Waals surface area contributed by atoms with Crippen LogP contribution in [0.2, 0.25) is 5.02 Å². The van der Waals surface area contributed by atoms with E-state index in [9.17, 15) is 19.7 Å². The zero-order chi connectivity index (χ0) is 22.5. The third kappa shape index (κ3) is 5.24. The van der Waals surface area contributed by atoms with E-state index in [1.807, 2.05) is 0 Å². The molecule has 3 aromatic rings. The summed E-state index contributed by atoms with van der Waals surface area (Å²) in [5.74, 6) is -1.61. The molecule has 162 valence electrons. The summed E-state index contributed by atoms with van der Waals surface area (Å²) in [6.45, 7) is 1.80. The molecule has 12 nitrogen and oxygen atoms in total. The van der Waals surface area contributed by atoms with Crippen LogP contribution in [0.15, 0.2) is 33.3 Å². The van der Waals surface area contributed by atoms with Gasteiger partial charge in [-0.3, -0.25) is 9.59 Å². The molecular weight excluding hydrogens is 498 g/mol. The number of carbonyl (C=O) groups is 2. The number of rotatable bonds is 8. The second kappa shape index (κ2) is 9.66. The fraction of sp³-hybridized carbons (Fsp3) is 0.235. The first kappa shape index (κ1) is 22.4. The fourth-order valence-electron chi connectivity index (χ4n) is 2.49. The van der Waals surface area contributed by atoms with E-state index in [-0.39, 0.29) is 42.3 Å². The summed E-state index contributed by atoms with van der Waals surface area (Å²) in [7, 11) is 0. The normalized spacial score (nSPS) is 10.7. The van der Waals surface area contributed by atoms with Crippen molar-refractivity contribution < 1.29 is 19.0 Å². The van der Waals surface area contributed by atoms with Crippen molar-refractivity contribution in [3.8, 4) is 0 Å². The Morgan fingerprint density at radius 3 is 2.58 bits per heavy atom. The minimum atomic E-state index is -0.698. The molecule has 0 aliphatic heterocycles. The Morgan fingerprint density at radius 2 is 1.94 bits per heavy atom. The number of benzene rings is 1. The lowest BCUT2D eigenvalue weighted by atomic mass is 10.2. The van der Waals surface area contributed by atoms with Crippen LogP contribution in [0, 0.1) is 17.0 Å². The molecule has 2 aromatic heterocycles. The Balaban J connectivity index is 1.51. The van der Waals surface area contributed by atoms with Crippen LogP contribution < -0.4 is 10.6 Å². The average molecular weight is 513 g/mol. The number of aromatic nitrogens is 4. The van der Waals surface area contributed by atoms with Gasteiger partial charge in [0.05, 0.1) is 16.4 Å². The van der Waals surface area contributed by atoms with E-state index in [0.717, 1.165) is 0 Å². The Kier molecular flexibility index (Phi) is 6.97. The fourth-order valence-corrected chi connectivity index (χ4v) is 3.16. The number of halogens is 2. The van der Waals surface area contributed by atoms with Gasteiger partial charge < -0.3 is 25.3 Å². The molecule has 2 heterocycles. The summed E-state index contributed by atoms with van der Waals surface area (Å²) in [5.41, 5.74) is 0.828. The summed E-state index contributed by atoms with van der Waals surface area (Å²) in [4.78, 5) is 38.4. The van der Waals surface area contributed by atoms with Gasteiger partial charge in [0.1, 0.15) is 6.54 Å². The lowest BCUT2D eigenvalue weighted by molar-refractivity contribution is -0.389. The van der Waals surface area contributed by atoms with E-state index in [1.54, 1.807) is 31.2 Å². The first-order valence-electron chi connectivity index (χ1n) is 8.78. The van der Waals surface area contributed by atoms with Crippen molar-refractivity contribution in [3.05, 3.63) is 66.8 Å². The number of carbonyl (C=O) groups excluding carboxylic acids is 2. The van der Waals surface area contributed by atoms with Crippen molar-refractivity contribution >= 4 is 45.2 Å². The molecule has 2 N–H and O–H groups in total. The van der Waals surface area contributed by atoms with Crippen molar-refractivity contribution in [2.45, 2.75) is 13.5 Å². The van der Waals surface area contributed by atoms with Crippen molar-refractivity contribution in [1.29, 1.82) is 0 Å². The minimum Gasteiger partial charge on any atom is -0.358 e. The van der Waals surface area contributed by atoms with Crippen LogP contribution in [-0.4, -0.2) is 49.7 Å². The Bertz CT molecular complexity index is 1150. The third-order valence-electron chi connectivity index (χ3n) is 4.06. The van der Waals surface area contributed by atoms with E-state index in [4.69, 9.17) is 16.1 Å². The minimum absolute atomic E-state index is 0.0712. The van der Waals surface area contributed by atoms with Crippen LogP contribution in [0.1, 0.15) is 32.6 Å². The number of nitrogens with one attached hydrogen (secondary N) is 2. The quantitative estimate of drug-likeness (QED) is 0.264. The number of hydrogen-bond donors (Lipinski definition) is 2. The molecular formula is C17H15BrClN7O5. The Labute approximate surface area is 188 Å². The van der Waals surface area contributed by atoms with Crippen molar-refractivity contribution in [3.63, 3.8) is 0 Å². The van der Waals surface area contributed by atoms with Crippen LogP contribution in [0.3, 0.4) is 0 Å². The summed E-state index contributed by atoms with van der Waals surface area (Å²) in [6.07, 6.45) is 0. The highest BCUT2D eigenvalue weighted by Crippen LogP contribution is 2.26. The molecule has 31 heavy (non-hydrogen) atoms. The van der Waals surface area contributed by atoms with Crippen LogP contribution in [-0.2, 0) is 6.54 Å². The number of nitro groups is 1. The maximum Gasteiger partial charge on any atom is 0.408 e. The molecule has 3 rings (SSSR count). The van der Waals surface area contributed by atoms with Gasteiger partial charge in [0.15, 0.2) is 10.8 Å². The number of amides is 2. The van der Waals surface area contributed by atoms with Crippen molar-refractivity contribution in [1.82, 2.24) is 30.6 Å². The molecule has 0 radical (unpaired) electrons. The molecule has 0 bridgehead atoms. The Morgan fingerprint density at radius 1 is 1.26 bits per heavy atom. The predicted molar refractivity (Wildman–Crippen MR) is 111 cm³/mol. The van der Waals surface area contributed by atoms with Gasteiger partial charge in [-0.05, 0) is 39.9 Å². The first-order valence-corrected chi connectivity index (χ1v) is 9.95. The van der Waals surface area contributed by atoms with Crippen molar-refractivity contribution in [2.24, 2.45) is 0 Å². The monoisotopic (exact) mass is 511 g/mol. The maximum atomic E-state index is 12.1. The molecule has 2 amide bonds. The van der Waals surface area contributed by atoms with Gasteiger partial charge in [0.25, 0.3) is 5.91 Å². The first-order chi connectivity index (χ1) is 14.8. The van der Waals surface area contributed by atoms with Crippen LogP contribution >= 0.6 is 27.5 Å². The van der Waals surface area contributed by atoms with Crippen molar-refractivity contribution in [2.75, 3.05) is 13.1 Å². The van der Waals surface area contributed by atoms with Gasteiger partial charge in [0.2, 0.25) is 0 Å². The summed E-state index contributed by atoms with van der Waals surface area (Å²) in [5, 5.41) is 23.5. The number of nitrogens with zero attached hydrogens (tertiary/aromatic N) is 5. The topological polar surface area (TPSA) is 158 Å². The SMILES string of the molecule is Cc1c(Cl)c([N+](=O)[O-])nn1Cc1noc(C(=O)NCCNC(=O)c2ccccc2Br)n1. The van der Waals surface area contributed by atoms with E-state index < -0.39 is 16.6 Å². The van der Waals surface area contributed by atoms with Gasteiger partial charge in [-0.15, -0.1) is 0 Å². The summed E-state index contributed by atoms with van der Waals surface area (Å²) in [6, 6.07) is 6.95. The molecule has 0 spiro atoms. The summed E-state index contributed by atoms with van der Waals surface area (Å²) < 4.78 is 6.81. The lowest BCUT2D eigenvalue weighted by Gasteiger charge is -2.07. The highest BCUT2D eigenvalue weighted by atomic mass is 79.9. The van der Waals surface area contributed by atoms with Gasteiger partial charge in [0, 0.05) is 17.6 Å². The second-order valence-electron chi connectivity index (χ2n) is 6.15. The molecule has 0 saturated carbocycles. The average Bonchev–Trinajstić information content (AvgIpc) is 3.31. The highest BCUT2D eigenvalue weighted by molar-refractivity contribution is 9.10. The highest BCUT2D eigenvalue weighted by Gasteiger charge is 2.25. The lowest BCUT2D eigenvalue weighted by Crippen LogP contribution is -2.35. The smallest absolute Gasteiger partial charge is 0.358 e. The largest absolute Gasteiger partial charge is 0.408 e.